The molecule has 4 fully saturated rings. The summed E-state index contributed by atoms with van der Waals surface area (Å²) in [5.41, 5.74) is 0. The molecule has 6 unspecified atom stereocenters. The molecule has 0 aromatic rings. The first kappa shape index (κ1) is 34.2. The first-order chi connectivity index (χ1) is 19.9. The average Bonchev–Trinajstić information content (AvgIpc) is 3.34. The van der Waals surface area contributed by atoms with E-state index < -0.39 is 130 Å². The third-order valence-corrected chi connectivity index (χ3v) is 7.92. The SMILES string of the molecule is CO[C@@H]1OC(CO)[C@@H](O)C(O)[C@@H]1O[C@@H]1OC(C)[C@H](O[C@H]2C[C@@H](O)[C@H](CO)O2)C(O[C@@H]2OC(CO)[C@@H](O)C(O)[C@@H]2O)[C@@H]1O. The van der Waals surface area contributed by atoms with Gasteiger partial charge in [0.15, 0.2) is 25.2 Å². The van der Waals surface area contributed by atoms with E-state index >= 15 is 0 Å². The zero-order valence-electron chi connectivity index (χ0n) is 23.0. The zero-order chi connectivity index (χ0) is 30.9. The van der Waals surface area contributed by atoms with E-state index in [1.807, 2.05) is 0 Å². The highest BCUT2D eigenvalue weighted by Gasteiger charge is 2.54. The normalized spacial score (nSPS) is 52.0. The molecule has 0 aromatic carbocycles. The maximum Gasteiger partial charge on any atom is 0.187 e. The number of hydrogen-bond donors (Lipinski definition) is 10. The maximum absolute atomic E-state index is 11.4. The Morgan fingerprint density at radius 3 is 1.67 bits per heavy atom. The predicted molar refractivity (Wildman–Crippen MR) is 130 cm³/mol. The topological polar surface area (TPSA) is 276 Å². The Morgan fingerprint density at radius 2 is 1.10 bits per heavy atom. The molecule has 42 heavy (non-hydrogen) atoms. The van der Waals surface area contributed by atoms with Crippen molar-refractivity contribution in [2.24, 2.45) is 0 Å². The Labute approximate surface area is 240 Å². The number of rotatable bonds is 10. The molecule has 0 spiro atoms. The molecule has 18 atom stereocenters. The van der Waals surface area contributed by atoms with Gasteiger partial charge in [-0.2, -0.15) is 0 Å². The van der Waals surface area contributed by atoms with Gasteiger partial charge >= 0.3 is 0 Å². The summed E-state index contributed by atoms with van der Waals surface area (Å²) in [6.45, 7) is -0.359. The number of aliphatic hydroxyl groups excluding tert-OH is 10. The molecule has 4 heterocycles. The highest BCUT2D eigenvalue weighted by Crippen LogP contribution is 2.35. The lowest BCUT2D eigenvalue weighted by molar-refractivity contribution is -0.389. The third kappa shape index (κ3) is 6.91. The van der Waals surface area contributed by atoms with E-state index in [9.17, 15) is 51.1 Å². The van der Waals surface area contributed by atoms with Gasteiger partial charge in [0.25, 0.3) is 0 Å². The van der Waals surface area contributed by atoms with Crippen molar-refractivity contribution in [1.29, 1.82) is 0 Å². The average molecular weight is 619 g/mol. The molecule has 4 aliphatic heterocycles. The molecule has 0 saturated carbocycles. The summed E-state index contributed by atoms with van der Waals surface area (Å²) in [4.78, 5) is 0. The number of aliphatic hydroxyl groups is 10. The highest BCUT2D eigenvalue weighted by atomic mass is 16.8. The van der Waals surface area contributed by atoms with Gasteiger partial charge in [0, 0.05) is 13.5 Å². The van der Waals surface area contributed by atoms with Crippen molar-refractivity contribution in [2.45, 2.75) is 124 Å². The third-order valence-electron chi connectivity index (χ3n) is 7.92. The van der Waals surface area contributed by atoms with Crippen molar-refractivity contribution in [3.05, 3.63) is 0 Å². The van der Waals surface area contributed by atoms with E-state index in [0.29, 0.717) is 0 Å². The lowest BCUT2D eigenvalue weighted by atomic mass is 9.96. The molecule has 18 nitrogen and oxygen atoms in total. The highest BCUT2D eigenvalue weighted by molar-refractivity contribution is 4.96. The van der Waals surface area contributed by atoms with E-state index in [2.05, 4.69) is 0 Å². The van der Waals surface area contributed by atoms with Crippen LogP contribution in [0.15, 0.2) is 0 Å². The van der Waals surface area contributed by atoms with Crippen molar-refractivity contribution in [3.63, 3.8) is 0 Å². The van der Waals surface area contributed by atoms with Crippen molar-refractivity contribution in [1.82, 2.24) is 0 Å². The summed E-state index contributed by atoms with van der Waals surface area (Å²) in [7, 11) is 1.23. The molecular weight excluding hydrogens is 576 g/mol. The van der Waals surface area contributed by atoms with Crippen LogP contribution in [0.5, 0.6) is 0 Å². The van der Waals surface area contributed by atoms with Crippen molar-refractivity contribution in [3.8, 4) is 0 Å². The number of methoxy groups -OCH3 is 1. The Balaban J connectivity index is 1.57. The van der Waals surface area contributed by atoms with Gasteiger partial charge in [-0.3, -0.25) is 0 Å². The van der Waals surface area contributed by atoms with Gasteiger partial charge in [-0.05, 0) is 6.92 Å². The van der Waals surface area contributed by atoms with E-state index in [4.69, 9.17) is 37.9 Å². The Bertz CT molecular complexity index is 835. The fourth-order valence-electron chi connectivity index (χ4n) is 5.44. The first-order valence-electron chi connectivity index (χ1n) is 13.7. The fraction of sp³-hybridized carbons (Fsp3) is 1.00. The smallest absolute Gasteiger partial charge is 0.187 e. The van der Waals surface area contributed by atoms with Gasteiger partial charge in [0.05, 0.1) is 32.0 Å². The Kier molecular flexibility index (Phi) is 11.9. The van der Waals surface area contributed by atoms with Gasteiger partial charge in [-0.15, -0.1) is 0 Å². The Morgan fingerprint density at radius 1 is 0.548 bits per heavy atom. The molecule has 4 rings (SSSR count). The molecule has 0 bridgehead atoms. The molecule has 0 amide bonds. The van der Waals surface area contributed by atoms with E-state index in [1.165, 1.54) is 14.0 Å². The summed E-state index contributed by atoms with van der Waals surface area (Å²) >= 11 is 0. The predicted octanol–water partition coefficient (Wildman–Crippen LogP) is -6.40. The van der Waals surface area contributed by atoms with E-state index in [1.54, 1.807) is 0 Å². The molecule has 0 aliphatic carbocycles. The van der Waals surface area contributed by atoms with Crippen LogP contribution in [0, 0.1) is 0 Å². The van der Waals surface area contributed by atoms with Gasteiger partial charge in [0.2, 0.25) is 0 Å². The minimum atomic E-state index is -1.84. The van der Waals surface area contributed by atoms with Crippen LogP contribution < -0.4 is 0 Å². The van der Waals surface area contributed by atoms with Crippen LogP contribution >= 0.6 is 0 Å². The van der Waals surface area contributed by atoms with Gasteiger partial charge in [-0.25, -0.2) is 0 Å². The van der Waals surface area contributed by atoms with Crippen LogP contribution in [-0.2, 0) is 37.9 Å². The van der Waals surface area contributed by atoms with Gasteiger partial charge < -0.3 is 89.0 Å². The molecule has 4 saturated heterocycles. The Hall–Kier alpha value is -0.720. The first-order valence-corrected chi connectivity index (χ1v) is 13.7. The van der Waals surface area contributed by atoms with Gasteiger partial charge in [0.1, 0.15) is 73.2 Å². The van der Waals surface area contributed by atoms with Crippen LogP contribution in [0.1, 0.15) is 13.3 Å². The van der Waals surface area contributed by atoms with Crippen LogP contribution in [0.3, 0.4) is 0 Å². The summed E-state index contributed by atoms with van der Waals surface area (Å²) in [5.74, 6) is 0. The van der Waals surface area contributed by atoms with Crippen LogP contribution in [0.25, 0.3) is 0 Å². The number of ether oxygens (including phenoxy) is 8. The summed E-state index contributed by atoms with van der Waals surface area (Å²) < 4.78 is 45.0. The molecule has 0 radical (unpaired) electrons. The maximum atomic E-state index is 11.4. The summed E-state index contributed by atoms with van der Waals surface area (Å²) in [5, 5.41) is 102. The van der Waals surface area contributed by atoms with Crippen LogP contribution in [-0.4, -0.2) is 189 Å². The second-order valence-electron chi connectivity index (χ2n) is 10.7. The standard InChI is InChI=1S/C24H42O18/c1-7-19(40-12-3-8(28)9(4-25)37-12)20(41-22-17(33)15(31)13(29)10(5-26)38-22)18(34)23(36-7)42-21-16(32)14(30)11(6-27)39-24(21)35-2/h7-34H,3-6H2,1-2H3/t7?,8-,9+,10?,11?,12+,13-,14-,15?,16?,17+,18+,19+,20?,21+,22+,23+,24-/m1/s1. The second-order valence-corrected chi connectivity index (χ2v) is 10.7. The zero-order valence-corrected chi connectivity index (χ0v) is 23.0. The van der Waals surface area contributed by atoms with Crippen molar-refractivity contribution >= 4 is 0 Å². The van der Waals surface area contributed by atoms with Crippen LogP contribution in [0.2, 0.25) is 0 Å². The second kappa shape index (κ2) is 14.6. The van der Waals surface area contributed by atoms with Crippen LogP contribution in [0.4, 0.5) is 0 Å². The van der Waals surface area contributed by atoms with E-state index in [-0.39, 0.29) is 6.42 Å². The molecule has 4 aliphatic rings. The molecule has 10 N–H and O–H groups in total. The lowest BCUT2D eigenvalue weighted by Crippen LogP contribution is -2.66. The minimum absolute atomic E-state index is 0.0533. The van der Waals surface area contributed by atoms with E-state index in [0.717, 1.165) is 0 Å². The largest absolute Gasteiger partial charge is 0.394 e. The van der Waals surface area contributed by atoms with Crippen molar-refractivity contribution in [2.75, 3.05) is 26.9 Å². The lowest BCUT2D eigenvalue weighted by Gasteiger charge is -2.49. The van der Waals surface area contributed by atoms with Gasteiger partial charge in [-0.1, -0.05) is 0 Å². The monoisotopic (exact) mass is 618 g/mol. The molecule has 0 aromatic heterocycles. The minimum Gasteiger partial charge on any atom is -0.394 e. The quantitative estimate of drug-likeness (QED) is 0.109. The summed E-state index contributed by atoms with van der Waals surface area (Å²) in [6, 6.07) is 0. The summed E-state index contributed by atoms with van der Waals surface area (Å²) in [6.07, 6.45) is -25.8. The molecule has 18 heteroatoms. The number of hydrogen-bond acceptors (Lipinski definition) is 18. The molecule has 246 valence electrons. The molecular formula is C24H42O18. The fourth-order valence-corrected chi connectivity index (χ4v) is 5.44. The van der Waals surface area contributed by atoms with Crippen molar-refractivity contribution < 1.29 is 89.0 Å².